The van der Waals surface area contributed by atoms with Gasteiger partial charge in [-0.3, -0.25) is 0 Å². The third-order valence-electron chi connectivity index (χ3n) is 2.68. The predicted molar refractivity (Wildman–Crippen MR) is 76.8 cm³/mol. The molecular weight excluding hydrogens is 281 g/mol. The van der Waals surface area contributed by atoms with Crippen LogP contribution in [0.15, 0.2) is 22.8 Å². The Labute approximate surface area is 122 Å². The molecule has 20 heavy (non-hydrogen) atoms. The van der Waals surface area contributed by atoms with Crippen LogP contribution in [0.5, 0.6) is 5.75 Å². The number of halogens is 2. The number of rotatable bonds is 4. The van der Waals surface area contributed by atoms with Gasteiger partial charge in [0, 0.05) is 11.5 Å². The van der Waals surface area contributed by atoms with Gasteiger partial charge in [-0.15, -0.1) is 0 Å². The standard InChI is InChI=1S/C15H17ClFNO2/c1-8(2)15-18-13(7-19-15)10-5-14(20-9(3)4)11(16)6-12(10)17/h5-9H,1-4H3. The lowest BCUT2D eigenvalue weighted by molar-refractivity contribution is 0.242. The van der Waals surface area contributed by atoms with Gasteiger partial charge in [0.25, 0.3) is 0 Å². The van der Waals surface area contributed by atoms with E-state index in [0.29, 0.717) is 22.9 Å². The minimum atomic E-state index is -0.449. The Morgan fingerprint density at radius 1 is 1.25 bits per heavy atom. The fraction of sp³-hybridized carbons (Fsp3) is 0.400. The van der Waals surface area contributed by atoms with Crippen molar-refractivity contribution in [1.29, 1.82) is 0 Å². The molecular formula is C15H17ClFNO2. The SMILES string of the molecule is CC(C)Oc1cc(-c2coc(C(C)C)n2)c(F)cc1Cl. The van der Waals surface area contributed by atoms with E-state index in [9.17, 15) is 4.39 Å². The van der Waals surface area contributed by atoms with Gasteiger partial charge in [-0.05, 0) is 26.0 Å². The van der Waals surface area contributed by atoms with Gasteiger partial charge in [-0.1, -0.05) is 25.4 Å². The van der Waals surface area contributed by atoms with Crippen molar-refractivity contribution in [3.63, 3.8) is 0 Å². The molecule has 0 aliphatic heterocycles. The Hall–Kier alpha value is -1.55. The van der Waals surface area contributed by atoms with Gasteiger partial charge in [-0.25, -0.2) is 9.37 Å². The molecule has 1 heterocycles. The second-order valence-electron chi connectivity index (χ2n) is 5.15. The van der Waals surface area contributed by atoms with E-state index in [1.165, 1.54) is 12.3 Å². The Morgan fingerprint density at radius 3 is 2.50 bits per heavy atom. The monoisotopic (exact) mass is 297 g/mol. The molecule has 2 rings (SSSR count). The van der Waals surface area contributed by atoms with Gasteiger partial charge in [0.1, 0.15) is 23.5 Å². The first-order valence-corrected chi connectivity index (χ1v) is 6.87. The van der Waals surface area contributed by atoms with Crippen LogP contribution in [-0.4, -0.2) is 11.1 Å². The first-order chi connectivity index (χ1) is 9.38. The smallest absolute Gasteiger partial charge is 0.197 e. The Morgan fingerprint density at radius 2 is 1.95 bits per heavy atom. The molecule has 0 radical (unpaired) electrons. The summed E-state index contributed by atoms with van der Waals surface area (Å²) in [7, 11) is 0. The average Bonchev–Trinajstić information content (AvgIpc) is 2.81. The summed E-state index contributed by atoms with van der Waals surface area (Å²) in [5.74, 6) is 0.702. The van der Waals surface area contributed by atoms with Crippen molar-refractivity contribution >= 4 is 11.6 Å². The van der Waals surface area contributed by atoms with Crippen LogP contribution in [-0.2, 0) is 0 Å². The van der Waals surface area contributed by atoms with E-state index in [4.69, 9.17) is 20.8 Å². The Kier molecular flexibility index (Phi) is 4.33. The third kappa shape index (κ3) is 3.12. The summed E-state index contributed by atoms with van der Waals surface area (Å²) in [4.78, 5) is 4.29. The van der Waals surface area contributed by atoms with Crippen molar-refractivity contribution in [3.05, 3.63) is 35.1 Å². The summed E-state index contributed by atoms with van der Waals surface area (Å²) < 4.78 is 24.9. The van der Waals surface area contributed by atoms with Gasteiger partial charge in [-0.2, -0.15) is 0 Å². The van der Waals surface area contributed by atoms with Crippen LogP contribution in [0.25, 0.3) is 11.3 Å². The summed E-state index contributed by atoms with van der Waals surface area (Å²) in [5, 5.41) is 0.243. The van der Waals surface area contributed by atoms with Gasteiger partial charge in [0.15, 0.2) is 5.89 Å². The van der Waals surface area contributed by atoms with Crippen molar-refractivity contribution in [2.24, 2.45) is 0 Å². The summed E-state index contributed by atoms with van der Waals surface area (Å²) in [6.45, 7) is 7.68. The summed E-state index contributed by atoms with van der Waals surface area (Å²) in [6, 6.07) is 2.79. The summed E-state index contributed by atoms with van der Waals surface area (Å²) in [5.41, 5.74) is 0.761. The van der Waals surface area contributed by atoms with Crippen molar-refractivity contribution < 1.29 is 13.5 Å². The molecule has 0 spiro atoms. The van der Waals surface area contributed by atoms with Crippen molar-refractivity contribution in [3.8, 4) is 17.0 Å². The molecule has 0 bridgehead atoms. The van der Waals surface area contributed by atoms with Crippen LogP contribution in [0.4, 0.5) is 4.39 Å². The molecule has 0 N–H and O–H groups in total. The summed E-state index contributed by atoms with van der Waals surface area (Å²) in [6.07, 6.45) is 1.40. The molecule has 0 unspecified atom stereocenters. The topological polar surface area (TPSA) is 35.3 Å². The van der Waals surface area contributed by atoms with Crippen molar-refractivity contribution in [2.45, 2.75) is 39.7 Å². The molecule has 5 heteroatoms. The van der Waals surface area contributed by atoms with Gasteiger partial charge >= 0.3 is 0 Å². The number of oxazole rings is 1. The second kappa shape index (κ2) is 5.83. The number of ether oxygens (including phenoxy) is 1. The molecule has 1 aromatic carbocycles. The van der Waals surface area contributed by atoms with Gasteiger partial charge < -0.3 is 9.15 Å². The zero-order valence-electron chi connectivity index (χ0n) is 11.9. The van der Waals surface area contributed by atoms with Crippen molar-refractivity contribution in [2.75, 3.05) is 0 Å². The average molecular weight is 298 g/mol. The number of nitrogens with zero attached hydrogens (tertiary/aromatic N) is 1. The van der Waals surface area contributed by atoms with E-state index in [1.807, 2.05) is 27.7 Å². The molecule has 1 aromatic heterocycles. The molecule has 0 atom stereocenters. The zero-order chi connectivity index (χ0) is 14.9. The highest BCUT2D eigenvalue weighted by molar-refractivity contribution is 6.32. The summed E-state index contributed by atoms with van der Waals surface area (Å²) >= 11 is 5.98. The van der Waals surface area contributed by atoms with Crippen molar-refractivity contribution in [1.82, 2.24) is 4.98 Å². The quantitative estimate of drug-likeness (QED) is 0.792. The minimum absolute atomic E-state index is 0.0469. The van der Waals surface area contributed by atoms with Gasteiger partial charge in [0.2, 0.25) is 0 Å². The maximum Gasteiger partial charge on any atom is 0.197 e. The molecule has 0 aliphatic rings. The maximum atomic E-state index is 14.0. The van der Waals surface area contributed by atoms with Crippen LogP contribution in [0.1, 0.15) is 39.5 Å². The first-order valence-electron chi connectivity index (χ1n) is 6.50. The normalized spacial score (nSPS) is 11.4. The number of hydrogen-bond donors (Lipinski definition) is 0. The fourth-order valence-electron chi connectivity index (χ4n) is 1.75. The van der Waals surface area contributed by atoms with E-state index in [0.717, 1.165) is 0 Å². The lowest BCUT2D eigenvalue weighted by Crippen LogP contribution is -2.06. The first kappa shape index (κ1) is 14.9. The molecule has 0 aliphatic carbocycles. The third-order valence-corrected chi connectivity index (χ3v) is 2.97. The highest BCUT2D eigenvalue weighted by Crippen LogP contribution is 2.34. The number of aromatic nitrogens is 1. The molecule has 0 amide bonds. The lowest BCUT2D eigenvalue weighted by atomic mass is 10.1. The lowest BCUT2D eigenvalue weighted by Gasteiger charge is -2.12. The van der Waals surface area contributed by atoms with Crippen LogP contribution < -0.4 is 4.74 Å². The second-order valence-corrected chi connectivity index (χ2v) is 5.56. The van der Waals surface area contributed by atoms with E-state index in [-0.39, 0.29) is 17.0 Å². The molecule has 0 fully saturated rings. The number of benzene rings is 1. The van der Waals surface area contributed by atoms with E-state index < -0.39 is 5.82 Å². The van der Waals surface area contributed by atoms with Crippen LogP contribution in [0.3, 0.4) is 0 Å². The zero-order valence-corrected chi connectivity index (χ0v) is 12.7. The van der Waals surface area contributed by atoms with E-state index >= 15 is 0 Å². The van der Waals surface area contributed by atoms with Crippen LogP contribution >= 0.6 is 11.6 Å². The molecule has 108 valence electrons. The molecule has 0 saturated carbocycles. The largest absolute Gasteiger partial charge is 0.489 e. The van der Waals surface area contributed by atoms with Gasteiger partial charge in [0.05, 0.1) is 11.1 Å². The Bertz CT molecular complexity index is 608. The fourth-order valence-corrected chi connectivity index (χ4v) is 1.94. The van der Waals surface area contributed by atoms with E-state index in [2.05, 4.69) is 4.98 Å². The minimum Gasteiger partial charge on any atom is -0.489 e. The highest BCUT2D eigenvalue weighted by Gasteiger charge is 2.16. The van der Waals surface area contributed by atoms with E-state index in [1.54, 1.807) is 6.07 Å². The predicted octanol–water partition coefficient (Wildman–Crippen LogP) is 5.04. The highest BCUT2D eigenvalue weighted by atomic mass is 35.5. The Balaban J connectivity index is 2.44. The molecule has 3 nitrogen and oxygen atoms in total. The molecule has 0 saturated heterocycles. The maximum absolute atomic E-state index is 14.0. The van der Waals surface area contributed by atoms with Crippen LogP contribution in [0.2, 0.25) is 5.02 Å². The molecule has 2 aromatic rings. The number of hydrogen-bond acceptors (Lipinski definition) is 3. The van der Waals surface area contributed by atoms with Crippen LogP contribution in [0, 0.1) is 5.82 Å².